The second-order valence-corrected chi connectivity index (χ2v) is 7.93. The van der Waals surface area contributed by atoms with Crippen LogP contribution in [0.1, 0.15) is 21.5 Å². The van der Waals surface area contributed by atoms with Crippen molar-refractivity contribution < 1.29 is 14.6 Å². The van der Waals surface area contributed by atoms with Crippen LogP contribution in [-0.4, -0.2) is 25.7 Å². The van der Waals surface area contributed by atoms with E-state index in [0.717, 1.165) is 34.0 Å². The van der Waals surface area contributed by atoms with Gasteiger partial charge in [-0.2, -0.15) is 0 Å². The van der Waals surface area contributed by atoms with Crippen molar-refractivity contribution >= 4 is 44.0 Å². The van der Waals surface area contributed by atoms with Gasteiger partial charge in [0.25, 0.3) is 17.3 Å². The topological polar surface area (TPSA) is 132 Å². The number of hydrogen-bond donors (Lipinski definition) is 0. The van der Waals surface area contributed by atoms with Crippen LogP contribution in [0.25, 0.3) is 10.2 Å². The molecule has 0 bridgehead atoms. The van der Waals surface area contributed by atoms with E-state index in [0.29, 0.717) is 10.7 Å². The Hall–Kier alpha value is -4.25. The van der Waals surface area contributed by atoms with Crippen LogP contribution in [0, 0.1) is 27.2 Å². The largest absolute Gasteiger partial charge is 0.279 e. The molecule has 10 nitrogen and oxygen atoms in total. The fraction of sp³-hybridized carbons (Fsp3) is 0.0952. The lowest BCUT2D eigenvalue weighted by Gasteiger charge is -2.20. The number of nitro groups is 2. The number of aromatic nitrogens is 2. The molecule has 0 N–H and O–H groups in total. The van der Waals surface area contributed by atoms with Crippen LogP contribution in [0.15, 0.2) is 60.9 Å². The lowest BCUT2D eigenvalue weighted by Crippen LogP contribution is -2.30. The molecule has 160 valence electrons. The van der Waals surface area contributed by atoms with Crippen molar-refractivity contribution in [3.05, 3.63) is 97.8 Å². The smallest absolute Gasteiger partial charge is 0.277 e. The van der Waals surface area contributed by atoms with E-state index in [1.807, 2.05) is 25.1 Å². The highest BCUT2D eigenvalue weighted by molar-refractivity contribution is 7.22. The van der Waals surface area contributed by atoms with Gasteiger partial charge in [0.1, 0.15) is 0 Å². The summed E-state index contributed by atoms with van der Waals surface area (Å²) < 4.78 is 0.869. The molecule has 0 aliphatic carbocycles. The third kappa shape index (κ3) is 4.14. The first-order chi connectivity index (χ1) is 15.3. The first-order valence-electron chi connectivity index (χ1n) is 9.34. The zero-order valence-corrected chi connectivity index (χ0v) is 17.5. The Morgan fingerprint density at radius 2 is 1.78 bits per heavy atom. The Kier molecular flexibility index (Phi) is 5.56. The third-order valence-corrected chi connectivity index (χ3v) is 5.76. The number of hydrogen-bond acceptors (Lipinski definition) is 8. The van der Waals surface area contributed by atoms with E-state index in [1.165, 1.54) is 16.2 Å². The number of non-ortho nitro benzene ring substituents is 2. The summed E-state index contributed by atoms with van der Waals surface area (Å²) in [6.07, 6.45) is 3.19. The molecule has 0 atom stereocenters. The quantitative estimate of drug-likeness (QED) is 0.309. The minimum Gasteiger partial charge on any atom is -0.279 e. The van der Waals surface area contributed by atoms with Crippen molar-refractivity contribution in [1.82, 2.24) is 9.97 Å². The number of carbonyl (C=O) groups excluding carboxylic acids is 1. The molecular formula is C21H15N5O5S. The molecule has 0 radical (unpaired) electrons. The summed E-state index contributed by atoms with van der Waals surface area (Å²) in [7, 11) is 0. The second-order valence-electron chi connectivity index (χ2n) is 6.92. The van der Waals surface area contributed by atoms with E-state index >= 15 is 0 Å². The van der Waals surface area contributed by atoms with E-state index < -0.39 is 27.1 Å². The van der Waals surface area contributed by atoms with Crippen molar-refractivity contribution in [2.75, 3.05) is 4.90 Å². The Morgan fingerprint density at radius 1 is 1.06 bits per heavy atom. The van der Waals surface area contributed by atoms with E-state index in [9.17, 15) is 25.0 Å². The van der Waals surface area contributed by atoms with Gasteiger partial charge < -0.3 is 0 Å². The molecule has 4 rings (SSSR count). The molecule has 11 heteroatoms. The first kappa shape index (κ1) is 21.0. The van der Waals surface area contributed by atoms with Crippen LogP contribution < -0.4 is 4.90 Å². The molecule has 0 spiro atoms. The van der Waals surface area contributed by atoms with Gasteiger partial charge in [-0.1, -0.05) is 29.5 Å². The molecule has 4 aromatic rings. The molecule has 0 saturated heterocycles. The highest BCUT2D eigenvalue weighted by Crippen LogP contribution is 2.33. The summed E-state index contributed by atoms with van der Waals surface area (Å²) in [5.41, 5.74) is 1.13. The predicted molar refractivity (Wildman–Crippen MR) is 119 cm³/mol. The molecule has 2 aromatic carbocycles. The molecule has 32 heavy (non-hydrogen) atoms. The van der Waals surface area contributed by atoms with Gasteiger partial charge >= 0.3 is 0 Å². The summed E-state index contributed by atoms with van der Waals surface area (Å²) in [5.74, 6) is -0.641. The van der Waals surface area contributed by atoms with Gasteiger partial charge in [-0.25, -0.2) is 4.98 Å². The maximum absolute atomic E-state index is 13.5. The van der Waals surface area contributed by atoms with E-state index in [2.05, 4.69) is 9.97 Å². The van der Waals surface area contributed by atoms with Crippen LogP contribution in [0.2, 0.25) is 0 Å². The van der Waals surface area contributed by atoms with Crippen molar-refractivity contribution in [1.29, 1.82) is 0 Å². The van der Waals surface area contributed by atoms with Gasteiger partial charge in [0.15, 0.2) is 5.13 Å². The Balaban J connectivity index is 1.84. The van der Waals surface area contributed by atoms with Crippen molar-refractivity contribution in [3.63, 3.8) is 0 Å². The van der Waals surface area contributed by atoms with Crippen LogP contribution in [0.5, 0.6) is 0 Å². The van der Waals surface area contributed by atoms with Crippen molar-refractivity contribution in [3.8, 4) is 0 Å². The number of rotatable bonds is 6. The normalized spacial score (nSPS) is 10.8. The molecule has 2 heterocycles. The molecule has 0 fully saturated rings. The molecule has 0 aliphatic rings. The van der Waals surface area contributed by atoms with Gasteiger partial charge in [-0.3, -0.25) is 34.9 Å². The van der Waals surface area contributed by atoms with E-state index in [1.54, 1.807) is 24.5 Å². The SMILES string of the molecule is Cc1cccc2sc(N(Cc3cccnc3)C(=O)c3cc([N+](=O)[O-])cc([N+](=O)[O-])c3)nc12. The Labute approximate surface area is 185 Å². The number of nitro benzene ring substituents is 2. The second kappa shape index (κ2) is 8.47. The fourth-order valence-electron chi connectivity index (χ4n) is 3.18. The lowest BCUT2D eigenvalue weighted by atomic mass is 10.1. The van der Waals surface area contributed by atoms with Crippen LogP contribution in [-0.2, 0) is 6.54 Å². The van der Waals surface area contributed by atoms with Gasteiger partial charge in [0.05, 0.1) is 38.2 Å². The number of thiazole rings is 1. The number of para-hydroxylation sites is 1. The zero-order chi connectivity index (χ0) is 22.8. The average Bonchev–Trinajstić information content (AvgIpc) is 3.23. The van der Waals surface area contributed by atoms with Crippen molar-refractivity contribution in [2.45, 2.75) is 13.5 Å². The predicted octanol–water partition coefficient (Wildman–Crippen LogP) is 4.66. The number of anilines is 1. The fourth-order valence-corrected chi connectivity index (χ4v) is 4.22. The standard InChI is InChI=1S/C21H15N5O5S/c1-13-4-2-6-18-19(13)23-21(32-18)24(12-14-5-3-7-22-11-14)20(27)15-8-16(25(28)29)10-17(9-15)26(30)31/h2-11H,12H2,1H3. The van der Waals surface area contributed by atoms with Gasteiger partial charge in [-0.15, -0.1) is 0 Å². The molecule has 0 aliphatic heterocycles. The highest BCUT2D eigenvalue weighted by atomic mass is 32.1. The lowest BCUT2D eigenvalue weighted by molar-refractivity contribution is -0.394. The van der Waals surface area contributed by atoms with Crippen LogP contribution >= 0.6 is 11.3 Å². The Morgan fingerprint density at radius 3 is 2.38 bits per heavy atom. The van der Waals surface area contributed by atoms with Crippen LogP contribution in [0.3, 0.4) is 0 Å². The number of carbonyl (C=O) groups is 1. The molecular weight excluding hydrogens is 434 g/mol. The number of fused-ring (bicyclic) bond motifs is 1. The number of aryl methyl sites for hydroxylation is 1. The first-order valence-corrected chi connectivity index (χ1v) is 10.2. The summed E-state index contributed by atoms with van der Waals surface area (Å²) in [6.45, 7) is 1.99. The average molecular weight is 449 g/mol. The van der Waals surface area contributed by atoms with Gasteiger partial charge in [0.2, 0.25) is 0 Å². The van der Waals surface area contributed by atoms with Gasteiger partial charge in [-0.05, 0) is 30.2 Å². The van der Waals surface area contributed by atoms with Gasteiger partial charge in [0, 0.05) is 24.5 Å². The minimum absolute atomic E-state index is 0.0853. The maximum atomic E-state index is 13.5. The van der Waals surface area contributed by atoms with Crippen molar-refractivity contribution in [2.24, 2.45) is 0 Å². The zero-order valence-electron chi connectivity index (χ0n) is 16.7. The molecule has 0 unspecified atom stereocenters. The van der Waals surface area contributed by atoms with E-state index in [-0.39, 0.29) is 12.1 Å². The molecule has 1 amide bonds. The number of amides is 1. The maximum Gasteiger partial charge on any atom is 0.277 e. The summed E-state index contributed by atoms with van der Waals surface area (Å²) >= 11 is 1.29. The summed E-state index contributed by atoms with van der Waals surface area (Å²) in [5, 5.41) is 22.9. The Bertz CT molecular complexity index is 1320. The number of pyridine rings is 1. The summed E-state index contributed by atoms with van der Waals surface area (Å²) in [6, 6.07) is 12.1. The highest BCUT2D eigenvalue weighted by Gasteiger charge is 2.26. The number of benzene rings is 2. The third-order valence-electron chi connectivity index (χ3n) is 4.72. The monoisotopic (exact) mass is 449 g/mol. The molecule has 2 aromatic heterocycles. The summed E-state index contributed by atoms with van der Waals surface area (Å²) in [4.78, 5) is 44.5. The van der Waals surface area contributed by atoms with E-state index in [4.69, 9.17) is 0 Å². The number of nitrogens with zero attached hydrogens (tertiary/aromatic N) is 5. The minimum atomic E-state index is -0.768. The molecule has 0 saturated carbocycles. The van der Waals surface area contributed by atoms with Crippen LogP contribution in [0.4, 0.5) is 16.5 Å².